The highest BCUT2D eigenvalue weighted by Crippen LogP contribution is 2.19. The van der Waals surface area contributed by atoms with Crippen molar-refractivity contribution in [2.45, 2.75) is 58.2 Å². The van der Waals surface area contributed by atoms with Crippen LogP contribution in [0.15, 0.2) is 42.5 Å². The molecule has 3 N–H and O–H groups in total. The summed E-state index contributed by atoms with van der Waals surface area (Å²) in [5.41, 5.74) is 2.66. The van der Waals surface area contributed by atoms with E-state index in [0.717, 1.165) is 18.1 Å². The normalized spacial score (nSPS) is 16.1. The SMILES string of the molecule is CCc1cccc(CNC[C@@H](O)[C@H](Cc2cc(F)cc(F)c2)NC(=O)C2CCN(C(C)=O)CC2)c1. The van der Waals surface area contributed by atoms with Gasteiger partial charge in [-0.25, -0.2) is 8.78 Å². The first-order valence-electron chi connectivity index (χ1n) is 12.2. The minimum atomic E-state index is -0.975. The van der Waals surface area contributed by atoms with E-state index in [-0.39, 0.29) is 30.7 Å². The van der Waals surface area contributed by atoms with Gasteiger partial charge in [-0.1, -0.05) is 31.2 Å². The number of likely N-dealkylation sites (tertiary alicyclic amines) is 1. The molecule has 3 rings (SSSR count). The Kier molecular flexibility index (Phi) is 9.74. The molecule has 2 aromatic carbocycles. The first kappa shape index (κ1) is 26.8. The summed E-state index contributed by atoms with van der Waals surface area (Å²) in [4.78, 5) is 26.3. The number of hydrogen-bond donors (Lipinski definition) is 3. The number of aryl methyl sites for hydroxylation is 1. The number of nitrogens with zero attached hydrogens (tertiary/aromatic N) is 1. The van der Waals surface area contributed by atoms with Gasteiger partial charge in [-0.3, -0.25) is 9.59 Å². The number of rotatable bonds is 10. The maximum absolute atomic E-state index is 13.8. The highest BCUT2D eigenvalue weighted by atomic mass is 19.1. The standard InChI is InChI=1S/C27H35F2N3O3/c1-3-19-5-4-6-20(11-19)16-30-17-26(34)25(14-21-12-23(28)15-24(29)13-21)31-27(35)22-7-9-32(10-8-22)18(2)33/h4-6,11-13,15,22,25-26,30,34H,3,7-10,14,16-17H2,1-2H3,(H,31,35)/t25-,26+/m0/s1. The van der Waals surface area contributed by atoms with Crippen molar-refractivity contribution in [3.8, 4) is 0 Å². The fourth-order valence-electron chi connectivity index (χ4n) is 4.49. The van der Waals surface area contributed by atoms with Crippen molar-refractivity contribution >= 4 is 11.8 Å². The molecular formula is C27H35F2N3O3. The van der Waals surface area contributed by atoms with Gasteiger partial charge in [0.2, 0.25) is 11.8 Å². The number of benzene rings is 2. The molecule has 1 aliphatic heterocycles. The Labute approximate surface area is 205 Å². The largest absolute Gasteiger partial charge is 0.390 e. The molecule has 1 saturated heterocycles. The highest BCUT2D eigenvalue weighted by molar-refractivity contribution is 5.80. The molecule has 0 saturated carbocycles. The van der Waals surface area contributed by atoms with Crippen LogP contribution < -0.4 is 10.6 Å². The molecule has 8 heteroatoms. The van der Waals surface area contributed by atoms with E-state index in [4.69, 9.17) is 0 Å². The third kappa shape index (κ3) is 8.11. The van der Waals surface area contributed by atoms with Gasteiger partial charge in [0, 0.05) is 45.1 Å². The molecule has 2 atom stereocenters. The lowest BCUT2D eigenvalue weighted by Gasteiger charge is -2.32. The van der Waals surface area contributed by atoms with Crippen LogP contribution in [0.1, 0.15) is 43.4 Å². The van der Waals surface area contributed by atoms with Crippen LogP contribution in [-0.4, -0.2) is 53.6 Å². The van der Waals surface area contributed by atoms with Gasteiger partial charge >= 0.3 is 0 Å². The van der Waals surface area contributed by atoms with Crippen molar-refractivity contribution in [2.75, 3.05) is 19.6 Å². The zero-order valence-corrected chi connectivity index (χ0v) is 20.4. The number of aliphatic hydroxyl groups is 1. The number of hydrogen-bond acceptors (Lipinski definition) is 4. The Hall–Kier alpha value is -2.84. The molecule has 190 valence electrons. The summed E-state index contributed by atoms with van der Waals surface area (Å²) in [6.07, 6.45) is 1.11. The Morgan fingerprint density at radius 3 is 2.34 bits per heavy atom. The fourth-order valence-corrected chi connectivity index (χ4v) is 4.49. The quantitative estimate of drug-likeness (QED) is 0.481. The van der Waals surface area contributed by atoms with Gasteiger partial charge in [-0.15, -0.1) is 0 Å². The monoisotopic (exact) mass is 487 g/mol. The van der Waals surface area contributed by atoms with E-state index < -0.39 is 23.8 Å². The van der Waals surface area contributed by atoms with Crippen LogP contribution in [0.3, 0.4) is 0 Å². The van der Waals surface area contributed by atoms with Crippen LogP contribution >= 0.6 is 0 Å². The molecule has 0 radical (unpaired) electrons. The first-order chi connectivity index (χ1) is 16.7. The molecule has 1 fully saturated rings. The van der Waals surface area contributed by atoms with E-state index in [1.165, 1.54) is 24.6 Å². The molecule has 0 bridgehead atoms. The van der Waals surface area contributed by atoms with Gasteiger partial charge in [0.25, 0.3) is 0 Å². The molecular weight excluding hydrogens is 452 g/mol. The Balaban J connectivity index is 1.64. The summed E-state index contributed by atoms with van der Waals surface area (Å²) in [6.45, 7) is 5.35. The number of carbonyl (C=O) groups excluding carboxylic acids is 2. The molecule has 2 amide bonds. The predicted octanol–water partition coefficient (Wildman–Crippen LogP) is 2.96. The van der Waals surface area contributed by atoms with Crippen molar-refractivity contribution in [3.05, 3.63) is 70.8 Å². The molecule has 35 heavy (non-hydrogen) atoms. The summed E-state index contributed by atoms with van der Waals surface area (Å²) in [5, 5.41) is 17.1. The predicted molar refractivity (Wildman–Crippen MR) is 131 cm³/mol. The molecule has 1 aliphatic rings. The second kappa shape index (κ2) is 12.7. The van der Waals surface area contributed by atoms with Crippen LogP contribution in [0.2, 0.25) is 0 Å². The van der Waals surface area contributed by atoms with Crippen molar-refractivity contribution < 1.29 is 23.5 Å². The number of piperidine rings is 1. The summed E-state index contributed by atoms with van der Waals surface area (Å²) >= 11 is 0. The minimum Gasteiger partial charge on any atom is -0.390 e. The second-order valence-corrected chi connectivity index (χ2v) is 9.25. The number of carbonyl (C=O) groups is 2. The van der Waals surface area contributed by atoms with E-state index in [2.05, 4.69) is 29.7 Å². The maximum atomic E-state index is 13.8. The van der Waals surface area contributed by atoms with Crippen LogP contribution in [0.25, 0.3) is 0 Å². The molecule has 1 heterocycles. The Morgan fingerprint density at radius 1 is 1.06 bits per heavy atom. The number of nitrogens with one attached hydrogen (secondary N) is 2. The Bertz CT molecular complexity index is 989. The lowest BCUT2D eigenvalue weighted by Crippen LogP contribution is -2.51. The van der Waals surface area contributed by atoms with Gasteiger partial charge in [0.1, 0.15) is 11.6 Å². The summed E-state index contributed by atoms with van der Waals surface area (Å²) in [6, 6.07) is 10.6. The van der Waals surface area contributed by atoms with Crippen molar-refractivity contribution in [3.63, 3.8) is 0 Å². The summed E-state index contributed by atoms with van der Waals surface area (Å²) < 4.78 is 27.5. The van der Waals surface area contributed by atoms with Crippen LogP contribution in [-0.2, 0) is 29.0 Å². The van der Waals surface area contributed by atoms with Crippen molar-refractivity contribution in [1.82, 2.24) is 15.5 Å². The van der Waals surface area contributed by atoms with Crippen LogP contribution in [0.5, 0.6) is 0 Å². The minimum absolute atomic E-state index is 0.0131. The zero-order valence-electron chi connectivity index (χ0n) is 20.4. The molecule has 0 aromatic heterocycles. The fraction of sp³-hybridized carbons (Fsp3) is 0.481. The van der Waals surface area contributed by atoms with Gasteiger partial charge in [0.05, 0.1) is 12.1 Å². The number of aliphatic hydroxyl groups excluding tert-OH is 1. The average Bonchev–Trinajstić information content (AvgIpc) is 2.83. The van der Waals surface area contributed by atoms with E-state index in [9.17, 15) is 23.5 Å². The topological polar surface area (TPSA) is 81.7 Å². The van der Waals surface area contributed by atoms with Gasteiger partial charge in [-0.05, 0) is 54.5 Å². The summed E-state index contributed by atoms with van der Waals surface area (Å²) in [7, 11) is 0. The van der Waals surface area contributed by atoms with Crippen LogP contribution in [0, 0.1) is 17.6 Å². The first-order valence-corrected chi connectivity index (χ1v) is 12.2. The van der Waals surface area contributed by atoms with E-state index in [1.807, 2.05) is 12.1 Å². The second-order valence-electron chi connectivity index (χ2n) is 9.25. The highest BCUT2D eigenvalue weighted by Gasteiger charge is 2.29. The molecule has 0 unspecified atom stereocenters. The molecule has 6 nitrogen and oxygen atoms in total. The summed E-state index contributed by atoms with van der Waals surface area (Å²) in [5.74, 6) is -1.92. The average molecular weight is 488 g/mol. The van der Waals surface area contributed by atoms with E-state index in [0.29, 0.717) is 38.0 Å². The smallest absolute Gasteiger partial charge is 0.223 e. The van der Waals surface area contributed by atoms with Crippen LogP contribution in [0.4, 0.5) is 8.78 Å². The van der Waals surface area contributed by atoms with Gasteiger partial charge in [0.15, 0.2) is 0 Å². The maximum Gasteiger partial charge on any atom is 0.223 e. The van der Waals surface area contributed by atoms with Crippen molar-refractivity contribution in [1.29, 1.82) is 0 Å². The van der Waals surface area contributed by atoms with Crippen molar-refractivity contribution in [2.24, 2.45) is 5.92 Å². The van der Waals surface area contributed by atoms with E-state index in [1.54, 1.807) is 4.90 Å². The van der Waals surface area contributed by atoms with E-state index >= 15 is 0 Å². The lowest BCUT2D eigenvalue weighted by atomic mass is 9.94. The number of amides is 2. The third-order valence-corrected chi connectivity index (χ3v) is 6.56. The van der Waals surface area contributed by atoms with Gasteiger partial charge < -0.3 is 20.6 Å². The Morgan fingerprint density at radius 2 is 1.71 bits per heavy atom. The molecule has 2 aromatic rings. The zero-order chi connectivity index (χ0) is 25.4. The lowest BCUT2D eigenvalue weighted by molar-refractivity contribution is -0.134. The third-order valence-electron chi connectivity index (χ3n) is 6.56. The molecule has 0 aliphatic carbocycles. The number of halogens is 2. The molecule has 0 spiro atoms. The van der Waals surface area contributed by atoms with Gasteiger partial charge in [-0.2, -0.15) is 0 Å².